The van der Waals surface area contributed by atoms with E-state index in [4.69, 9.17) is 9.57 Å². The van der Waals surface area contributed by atoms with E-state index in [1.807, 2.05) is 36.4 Å². The van der Waals surface area contributed by atoms with E-state index in [1.165, 1.54) is 30.6 Å². The van der Waals surface area contributed by atoms with E-state index in [-0.39, 0.29) is 24.2 Å². The maximum atomic E-state index is 14.8. The van der Waals surface area contributed by atoms with Gasteiger partial charge in [-0.3, -0.25) is 14.5 Å². The van der Waals surface area contributed by atoms with Crippen LogP contribution in [0.3, 0.4) is 0 Å². The number of hydrogen-bond acceptors (Lipinski definition) is 11. The number of sulfonamides is 1. The molecule has 1 saturated heterocycles. The van der Waals surface area contributed by atoms with Crippen LogP contribution in [0.2, 0.25) is 0 Å². The monoisotopic (exact) mass is 688 g/mol. The number of benzene rings is 2. The second-order valence-corrected chi connectivity index (χ2v) is 14.1. The van der Waals surface area contributed by atoms with Crippen LogP contribution in [0.4, 0.5) is 31.9 Å². The van der Waals surface area contributed by atoms with Crippen LogP contribution in [0, 0.1) is 0 Å². The SMILES string of the molecule is COc1cc(N2CCN(CC(=O)N(C)OC)CC2)ccc1Nc1ncc(C(C)(F)F)c(NC2Cc3ccccc3C2N(C)S(C)(=O)=O)n1. The van der Waals surface area contributed by atoms with Gasteiger partial charge in [0.15, 0.2) is 0 Å². The quantitative estimate of drug-likeness (QED) is 0.271. The summed E-state index contributed by atoms with van der Waals surface area (Å²) >= 11 is 0. The molecule has 1 fully saturated rings. The van der Waals surface area contributed by atoms with Crippen molar-refractivity contribution in [2.75, 3.05) is 82.8 Å². The van der Waals surface area contributed by atoms with E-state index in [2.05, 4.69) is 30.4 Å². The van der Waals surface area contributed by atoms with E-state index in [9.17, 15) is 22.0 Å². The van der Waals surface area contributed by atoms with Gasteiger partial charge in [-0.25, -0.2) is 27.2 Å². The third-order valence-electron chi connectivity index (χ3n) is 8.85. The summed E-state index contributed by atoms with van der Waals surface area (Å²) in [7, 11) is 2.44. The Morgan fingerprint density at radius 1 is 1.10 bits per heavy atom. The molecule has 260 valence electrons. The minimum atomic E-state index is -3.61. The van der Waals surface area contributed by atoms with Crippen LogP contribution >= 0.6 is 0 Å². The number of amides is 1. The molecule has 1 aliphatic heterocycles. The van der Waals surface area contributed by atoms with E-state index < -0.39 is 33.6 Å². The molecule has 16 heteroatoms. The first kappa shape index (κ1) is 35.2. The summed E-state index contributed by atoms with van der Waals surface area (Å²) in [6, 6.07) is 11.8. The third kappa shape index (κ3) is 7.77. The molecule has 2 N–H and O–H groups in total. The second-order valence-electron chi connectivity index (χ2n) is 12.1. The van der Waals surface area contributed by atoms with Gasteiger partial charge in [0, 0.05) is 65.1 Å². The van der Waals surface area contributed by atoms with Crippen molar-refractivity contribution in [2.45, 2.75) is 31.4 Å². The van der Waals surface area contributed by atoms with Gasteiger partial charge in [-0.15, -0.1) is 0 Å². The van der Waals surface area contributed by atoms with E-state index in [0.717, 1.165) is 36.2 Å². The molecule has 5 rings (SSSR count). The minimum absolute atomic E-state index is 0.0550. The number of nitrogens with zero attached hydrogens (tertiary/aromatic N) is 6. The lowest BCUT2D eigenvalue weighted by Gasteiger charge is -2.36. The first-order valence-electron chi connectivity index (χ1n) is 15.4. The van der Waals surface area contributed by atoms with Gasteiger partial charge < -0.3 is 20.3 Å². The number of hydrogen-bond donors (Lipinski definition) is 2. The number of aromatic nitrogens is 2. The number of halogens is 2. The molecule has 2 unspecified atom stereocenters. The summed E-state index contributed by atoms with van der Waals surface area (Å²) in [5, 5.41) is 7.46. The second kappa shape index (κ2) is 14.2. The molecule has 2 aliphatic rings. The predicted molar refractivity (Wildman–Crippen MR) is 179 cm³/mol. The third-order valence-corrected chi connectivity index (χ3v) is 10.1. The number of rotatable bonds is 12. The summed E-state index contributed by atoms with van der Waals surface area (Å²) < 4.78 is 61.8. The zero-order valence-electron chi connectivity index (χ0n) is 27.9. The van der Waals surface area contributed by atoms with E-state index >= 15 is 0 Å². The van der Waals surface area contributed by atoms with Crippen molar-refractivity contribution >= 4 is 39.1 Å². The lowest BCUT2D eigenvalue weighted by Crippen LogP contribution is -2.49. The Morgan fingerprint density at radius 2 is 1.81 bits per heavy atom. The average molecular weight is 689 g/mol. The normalized spacial score (nSPS) is 18.5. The molecular formula is C32H42F2N8O5S. The van der Waals surface area contributed by atoms with Crippen LogP contribution in [0.5, 0.6) is 5.75 Å². The number of ether oxygens (including phenoxy) is 1. The summed E-state index contributed by atoms with van der Waals surface area (Å²) in [6.07, 6.45) is 2.60. The molecule has 2 atom stereocenters. The maximum absolute atomic E-state index is 14.8. The Morgan fingerprint density at radius 3 is 2.46 bits per heavy atom. The molecule has 1 amide bonds. The first-order valence-corrected chi connectivity index (χ1v) is 17.3. The predicted octanol–water partition coefficient (Wildman–Crippen LogP) is 3.45. The number of nitrogens with one attached hydrogen (secondary N) is 2. The Balaban J connectivity index is 1.35. The largest absolute Gasteiger partial charge is 0.494 e. The van der Waals surface area contributed by atoms with Gasteiger partial charge in [-0.05, 0) is 29.7 Å². The van der Waals surface area contributed by atoms with Crippen molar-refractivity contribution in [2.24, 2.45) is 0 Å². The van der Waals surface area contributed by atoms with Crippen molar-refractivity contribution < 1.29 is 31.6 Å². The Bertz CT molecular complexity index is 1730. The van der Waals surface area contributed by atoms with Gasteiger partial charge >= 0.3 is 0 Å². The molecule has 1 aliphatic carbocycles. The van der Waals surface area contributed by atoms with Gasteiger partial charge in [0.25, 0.3) is 11.8 Å². The standard InChI is InChI=1S/C32H42F2N8O5S/c1-32(33,34)24-19-35-31(38-30(24)36-26-17-21-9-7-8-10-23(21)29(26)40(3)48(6,44)45)37-25-12-11-22(18-27(25)46-4)42-15-13-41(14-16-42)20-28(43)39(2)47-5/h7-12,18-19,26,29H,13-17,20H2,1-6H3,(H2,35,36,37,38). The summed E-state index contributed by atoms with van der Waals surface area (Å²) in [5.74, 6) is -2.95. The van der Waals surface area contributed by atoms with Crippen molar-refractivity contribution in [3.8, 4) is 5.75 Å². The zero-order valence-corrected chi connectivity index (χ0v) is 28.7. The highest BCUT2D eigenvalue weighted by molar-refractivity contribution is 7.88. The fraction of sp³-hybridized carbons (Fsp3) is 0.469. The number of methoxy groups -OCH3 is 1. The molecule has 3 aromatic rings. The van der Waals surface area contributed by atoms with Crippen molar-refractivity contribution in [3.63, 3.8) is 0 Å². The first-order chi connectivity index (χ1) is 22.7. The smallest absolute Gasteiger partial charge is 0.275 e. The van der Waals surface area contributed by atoms with Crippen molar-refractivity contribution in [3.05, 3.63) is 65.4 Å². The number of anilines is 4. The number of hydroxylamine groups is 2. The number of carbonyl (C=O) groups is 1. The molecule has 48 heavy (non-hydrogen) atoms. The van der Waals surface area contributed by atoms with E-state index in [0.29, 0.717) is 44.0 Å². The summed E-state index contributed by atoms with van der Waals surface area (Å²) in [5.41, 5.74) is 2.76. The van der Waals surface area contributed by atoms with Crippen molar-refractivity contribution in [1.82, 2.24) is 24.2 Å². The molecule has 2 aromatic carbocycles. The van der Waals surface area contributed by atoms with Crippen LogP contribution in [0.1, 0.15) is 29.7 Å². The molecular weight excluding hydrogens is 646 g/mol. The highest BCUT2D eigenvalue weighted by Gasteiger charge is 2.40. The van der Waals surface area contributed by atoms with Crippen LogP contribution < -0.4 is 20.3 Å². The molecule has 0 spiro atoms. The number of likely N-dealkylation sites (N-methyl/N-ethyl adjacent to an activating group) is 2. The highest BCUT2D eigenvalue weighted by atomic mass is 32.2. The van der Waals surface area contributed by atoms with Crippen LogP contribution in [0.25, 0.3) is 0 Å². The number of alkyl halides is 2. The average Bonchev–Trinajstić information content (AvgIpc) is 3.41. The molecule has 0 saturated carbocycles. The highest BCUT2D eigenvalue weighted by Crippen LogP contribution is 2.40. The van der Waals surface area contributed by atoms with Crippen LogP contribution in [0.15, 0.2) is 48.7 Å². The molecule has 13 nitrogen and oxygen atoms in total. The fourth-order valence-corrected chi connectivity index (χ4v) is 6.74. The number of carbonyl (C=O) groups excluding carboxylic acids is 1. The molecule has 2 heterocycles. The number of fused-ring (bicyclic) bond motifs is 1. The van der Waals surface area contributed by atoms with Gasteiger partial charge in [-0.1, -0.05) is 24.3 Å². The molecule has 0 bridgehead atoms. The van der Waals surface area contributed by atoms with Crippen molar-refractivity contribution in [1.29, 1.82) is 0 Å². The lowest BCUT2D eigenvalue weighted by molar-refractivity contribution is -0.169. The zero-order chi connectivity index (χ0) is 34.8. The van der Waals surface area contributed by atoms with Gasteiger partial charge in [0.2, 0.25) is 16.0 Å². The lowest BCUT2D eigenvalue weighted by atomic mass is 10.1. The fourth-order valence-electron chi connectivity index (χ4n) is 6.07. The molecule has 0 radical (unpaired) electrons. The van der Waals surface area contributed by atoms with Gasteiger partial charge in [0.05, 0.1) is 50.4 Å². The van der Waals surface area contributed by atoms with Gasteiger partial charge in [-0.2, -0.15) is 9.29 Å². The van der Waals surface area contributed by atoms with E-state index in [1.54, 1.807) is 13.1 Å². The number of piperazine rings is 1. The van der Waals surface area contributed by atoms with Crippen LogP contribution in [-0.2, 0) is 32.0 Å². The minimum Gasteiger partial charge on any atom is -0.494 e. The van der Waals surface area contributed by atoms with Gasteiger partial charge in [0.1, 0.15) is 11.6 Å². The summed E-state index contributed by atoms with van der Waals surface area (Å²) in [6.45, 7) is 3.82. The summed E-state index contributed by atoms with van der Waals surface area (Å²) in [4.78, 5) is 30.1. The molecule has 1 aromatic heterocycles. The Labute approximate surface area is 279 Å². The van der Waals surface area contributed by atoms with Crippen LogP contribution in [-0.4, -0.2) is 112 Å². The Kier molecular flexibility index (Phi) is 10.4. The maximum Gasteiger partial charge on any atom is 0.275 e. The topological polar surface area (TPSA) is 132 Å². The Hall–Kier alpha value is -4.12.